The number of nitrogens with zero attached hydrogens (tertiary/aromatic N) is 1. The SMILES string of the molecule is N#CC(O)(CC(F)(F)F)c1ccccc1.NC(=O)C(O)(CC(F)(F)F)c1ccccc1.O=C(CC(F)(F)F)c1ccccc1. The Morgan fingerprint density at radius 2 is 1.02 bits per heavy atom. The highest BCUT2D eigenvalue weighted by Gasteiger charge is 2.46. The molecule has 0 bridgehead atoms. The Morgan fingerprint density at radius 3 is 1.36 bits per heavy atom. The summed E-state index contributed by atoms with van der Waals surface area (Å²) in [4.78, 5) is 21.9. The van der Waals surface area contributed by atoms with Crippen LogP contribution in [0.25, 0.3) is 0 Å². The fourth-order valence-corrected chi connectivity index (χ4v) is 3.45. The van der Waals surface area contributed by atoms with Crippen LogP contribution in [0.3, 0.4) is 0 Å². The predicted octanol–water partition coefficient (Wildman–Crippen LogP) is 6.48. The van der Waals surface area contributed by atoms with E-state index in [4.69, 9.17) is 11.0 Å². The van der Waals surface area contributed by atoms with Crippen molar-refractivity contribution in [3.63, 3.8) is 0 Å². The average Bonchev–Trinajstić information content (AvgIpc) is 2.92. The molecule has 2 unspecified atom stereocenters. The van der Waals surface area contributed by atoms with Gasteiger partial charge in [0, 0.05) is 5.56 Å². The van der Waals surface area contributed by atoms with Gasteiger partial charge in [0.05, 0.1) is 12.8 Å². The molecular formula is C29H25F9N2O4. The number of benzene rings is 3. The standard InChI is InChI=1S/C10H10F3NO2.C10H8F3NO.C9H7F3O/c11-10(12,13)6-9(16,8(14)15)7-4-2-1-3-5-7;11-10(12,13)6-9(15,7-14)8-4-2-1-3-5-8;10-9(11,12)6-8(13)7-4-2-1-3-5-7/h1-5,16H,6H2,(H2,14,15);1-5,15H,6H2;1-5H,6H2. The van der Waals surface area contributed by atoms with Crippen molar-refractivity contribution in [3.8, 4) is 6.07 Å². The van der Waals surface area contributed by atoms with Gasteiger partial charge >= 0.3 is 18.5 Å². The molecule has 2 atom stereocenters. The van der Waals surface area contributed by atoms with E-state index in [1.165, 1.54) is 78.9 Å². The first-order valence-corrected chi connectivity index (χ1v) is 12.2. The highest BCUT2D eigenvalue weighted by molar-refractivity contribution is 5.96. The number of hydrogen-bond donors (Lipinski definition) is 3. The summed E-state index contributed by atoms with van der Waals surface area (Å²) in [6.07, 6.45) is -18.3. The minimum absolute atomic E-state index is 0.0511. The second-order valence-electron chi connectivity index (χ2n) is 9.09. The summed E-state index contributed by atoms with van der Waals surface area (Å²) < 4.78 is 108. The van der Waals surface area contributed by atoms with Crippen molar-refractivity contribution < 1.29 is 59.3 Å². The van der Waals surface area contributed by atoms with Gasteiger partial charge in [-0.3, -0.25) is 9.59 Å². The highest BCUT2D eigenvalue weighted by Crippen LogP contribution is 2.35. The van der Waals surface area contributed by atoms with Gasteiger partial charge in [0.25, 0.3) is 5.91 Å². The van der Waals surface area contributed by atoms with Gasteiger partial charge in [-0.05, 0) is 11.1 Å². The molecule has 0 aromatic heterocycles. The van der Waals surface area contributed by atoms with Crippen LogP contribution in [0, 0.1) is 11.3 Å². The van der Waals surface area contributed by atoms with Crippen molar-refractivity contribution in [3.05, 3.63) is 108 Å². The predicted molar refractivity (Wildman–Crippen MR) is 138 cm³/mol. The fraction of sp³-hybridized carbons (Fsp3) is 0.276. The second-order valence-corrected chi connectivity index (χ2v) is 9.09. The van der Waals surface area contributed by atoms with E-state index >= 15 is 0 Å². The zero-order chi connectivity index (χ0) is 33.8. The summed E-state index contributed by atoms with van der Waals surface area (Å²) >= 11 is 0. The average molecular weight is 637 g/mol. The van der Waals surface area contributed by atoms with Crippen LogP contribution in [0.5, 0.6) is 0 Å². The van der Waals surface area contributed by atoms with E-state index in [-0.39, 0.29) is 16.7 Å². The maximum Gasteiger partial charge on any atom is 0.396 e. The first-order chi connectivity index (χ1) is 20.1. The van der Waals surface area contributed by atoms with E-state index < -0.39 is 60.7 Å². The molecule has 4 N–H and O–H groups in total. The van der Waals surface area contributed by atoms with Crippen molar-refractivity contribution in [1.82, 2.24) is 0 Å². The van der Waals surface area contributed by atoms with E-state index in [1.807, 2.05) is 0 Å². The van der Waals surface area contributed by atoms with E-state index in [0.717, 1.165) is 0 Å². The van der Waals surface area contributed by atoms with E-state index in [0.29, 0.717) is 0 Å². The van der Waals surface area contributed by atoms with Crippen LogP contribution in [0.4, 0.5) is 39.5 Å². The molecule has 0 radical (unpaired) electrons. The molecule has 0 aliphatic heterocycles. The molecule has 0 saturated heterocycles. The minimum Gasteiger partial charge on any atom is -0.375 e. The van der Waals surface area contributed by atoms with Crippen LogP contribution in [0.1, 0.15) is 40.7 Å². The number of ketones is 1. The van der Waals surface area contributed by atoms with Gasteiger partial charge in [0.1, 0.15) is 12.5 Å². The van der Waals surface area contributed by atoms with Crippen LogP contribution in [-0.4, -0.2) is 40.4 Å². The summed E-state index contributed by atoms with van der Waals surface area (Å²) in [5, 5.41) is 27.8. The molecule has 238 valence electrons. The van der Waals surface area contributed by atoms with Crippen LogP contribution >= 0.6 is 0 Å². The molecule has 0 heterocycles. The van der Waals surface area contributed by atoms with Crippen LogP contribution in [0.2, 0.25) is 0 Å². The lowest BCUT2D eigenvalue weighted by Gasteiger charge is -2.26. The van der Waals surface area contributed by atoms with Crippen molar-refractivity contribution in [2.45, 2.75) is 49.0 Å². The van der Waals surface area contributed by atoms with Gasteiger partial charge in [-0.25, -0.2) is 0 Å². The molecule has 6 nitrogen and oxygen atoms in total. The summed E-state index contributed by atoms with van der Waals surface area (Å²) in [6, 6.07) is 22.7. The van der Waals surface area contributed by atoms with Crippen molar-refractivity contribution in [2.24, 2.45) is 5.73 Å². The number of hydrogen-bond acceptors (Lipinski definition) is 5. The lowest BCUT2D eigenvalue weighted by Crippen LogP contribution is -2.44. The maximum absolute atomic E-state index is 12.2. The first kappa shape index (κ1) is 37.6. The van der Waals surface area contributed by atoms with Gasteiger partial charge in [-0.1, -0.05) is 91.0 Å². The summed E-state index contributed by atoms with van der Waals surface area (Å²) in [5.74, 6) is -2.32. The van der Waals surface area contributed by atoms with Crippen molar-refractivity contribution in [2.75, 3.05) is 0 Å². The topological polar surface area (TPSA) is 124 Å². The second kappa shape index (κ2) is 15.3. The molecule has 1 amide bonds. The molecule has 0 aliphatic carbocycles. The molecule has 3 aromatic carbocycles. The lowest BCUT2D eigenvalue weighted by atomic mass is 9.89. The highest BCUT2D eigenvalue weighted by atomic mass is 19.4. The summed E-state index contributed by atoms with van der Waals surface area (Å²) in [7, 11) is 0. The number of primary amides is 1. The number of nitrogens with two attached hydrogens (primary N) is 1. The number of rotatable bonds is 7. The minimum atomic E-state index is -4.68. The smallest absolute Gasteiger partial charge is 0.375 e. The third-order valence-electron chi connectivity index (χ3n) is 5.46. The van der Waals surface area contributed by atoms with E-state index in [1.54, 1.807) is 18.2 Å². The molecule has 0 aliphatic rings. The number of nitriles is 1. The Balaban J connectivity index is 0.000000332. The Morgan fingerprint density at radius 1 is 0.636 bits per heavy atom. The quantitative estimate of drug-likeness (QED) is 0.156. The van der Waals surface area contributed by atoms with Gasteiger partial charge in [0.2, 0.25) is 0 Å². The fourth-order valence-electron chi connectivity index (χ4n) is 3.45. The number of aliphatic hydroxyl groups is 2. The van der Waals surface area contributed by atoms with Crippen molar-refractivity contribution in [1.29, 1.82) is 5.26 Å². The summed E-state index contributed by atoms with van der Waals surface area (Å²) in [6.45, 7) is 0. The normalized spacial score (nSPS) is 14.2. The van der Waals surface area contributed by atoms with Gasteiger partial charge in [0.15, 0.2) is 17.0 Å². The zero-order valence-corrected chi connectivity index (χ0v) is 22.4. The Hall–Kier alpha value is -4.42. The maximum atomic E-state index is 12.2. The number of carbonyl (C=O) groups excluding carboxylic acids is 2. The molecule has 3 rings (SSSR count). The van der Waals surface area contributed by atoms with Crippen molar-refractivity contribution >= 4 is 11.7 Å². The molecule has 3 aromatic rings. The molecule has 0 fully saturated rings. The first-order valence-electron chi connectivity index (χ1n) is 12.2. The van der Waals surface area contributed by atoms with Crippen LogP contribution in [0.15, 0.2) is 91.0 Å². The lowest BCUT2D eigenvalue weighted by molar-refractivity contribution is -0.185. The van der Waals surface area contributed by atoms with E-state index in [2.05, 4.69) is 0 Å². The molecule has 15 heteroatoms. The van der Waals surface area contributed by atoms with Gasteiger partial charge in [-0.15, -0.1) is 0 Å². The molecular weight excluding hydrogens is 611 g/mol. The Kier molecular flexibility index (Phi) is 13.1. The molecule has 44 heavy (non-hydrogen) atoms. The zero-order valence-electron chi connectivity index (χ0n) is 22.4. The third kappa shape index (κ3) is 13.3. The number of Topliss-reactive ketones (excluding diaryl/α,β-unsaturated/α-hetero) is 1. The Labute approximate surface area is 245 Å². The van der Waals surface area contributed by atoms with Gasteiger partial charge < -0.3 is 15.9 Å². The number of carbonyl (C=O) groups is 2. The number of amides is 1. The summed E-state index contributed by atoms with van der Waals surface area (Å²) in [5.41, 5.74) is -0.509. The number of alkyl halides is 9. The monoisotopic (exact) mass is 636 g/mol. The molecule has 0 saturated carbocycles. The third-order valence-corrected chi connectivity index (χ3v) is 5.46. The largest absolute Gasteiger partial charge is 0.396 e. The van der Waals surface area contributed by atoms with Crippen LogP contribution < -0.4 is 5.73 Å². The Bertz CT molecular complexity index is 1380. The van der Waals surface area contributed by atoms with Crippen LogP contribution in [-0.2, 0) is 16.0 Å². The van der Waals surface area contributed by atoms with Gasteiger partial charge in [-0.2, -0.15) is 44.8 Å². The molecule has 0 spiro atoms. The number of halogens is 9. The van der Waals surface area contributed by atoms with E-state index in [9.17, 15) is 59.3 Å².